The molecule has 100 valence electrons. The Morgan fingerprint density at radius 2 is 2.17 bits per heavy atom. The highest BCUT2D eigenvalue weighted by atomic mass is 19.1. The number of hydrogen-bond acceptors (Lipinski definition) is 3. The lowest BCUT2D eigenvalue weighted by Gasteiger charge is -2.36. The number of aliphatic hydroxyl groups excluding tert-OH is 1. The molecule has 18 heavy (non-hydrogen) atoms. The van der Waals surface area contributed by atoms with Crippen molar-refractivity contribution in [2.45, 2.75) is 38.0 Å². The zero-order chi connectivity index (χ0) is 13.0. The number of hydrogen-bond donors (Lipinski definition) is 2. The minimum Gasteiger partial charge on any atom is -0.387 e. The molecule has 1 saturated carbocycles. The van der Waals surface area contributed by atoms with Crippen molar-refractivity contribution in [3.8, 4) is 0 Å². The molecule has 0 saturated heterocycles. The van der Waals surface area contributed by atoms with Crippen molar-refractivity contribution in [1.29, 1.82) is 0 Å². The van der Waals surface area contributed by atoms with E-state index in [0.29, 0.717) is 24.3 Å². The molecule has 4 heteroatoms. The molecular weight excluding hydrogens is 233 g/mol. The van der Waals surface area contributed by atoms with Crippen LogP contribution in [-0.2, 0) is 4.74 Å². The molecule has 1 aromatic rings. The van der Waals surface area contributed by atoms with Gasteiger partial charge in [0.25, 0.3) is 0 Å². The number of halogens is 1. The van der Waals surface area contributed by atoms with E-state index < -0.39 is 6.10 Å². The molecule has 1 unspecified atom stereocenters. The third-order valence-electron chi connectivity index (χ3n) is 3.36. The van der Waals surface area contributed by atoms with Crippen molar-refractivity contribution in [3.05, 3.63) is 35.6 Å². The van der Waals surface area contributed by atoms with Crippen molar-refractivity contribution >= 4 is 0 Å². The predicted octanol–water partition coefficient (Wildman–Crippen LogP) is 2.02. The quantitative estimate of drug-likeness (QED) is 0.815. The van der Waals surface area contributed by atoms with E-state index in [1.54, 1.807) is 18.2 Å². The van der Waals surface area contributed by atoms with Crippen LogP contribution >= 0.6 is 0 Å². The minimum absolute atomic E-state index is 0.345. The van der Waals surface area contributed by atoms with Crippen LogP contribution in [0.4, 0.5) is 4.39 Å². The Kier molecular flexibility index (Phi) is 4.69. The molecule has 0 radical (unpaired) electrons. The second-order valence-electron chi connectivity index (χ2n) is 4.69. The van der Waals surface area contributed by atoms with Gasteiger partial charge < -0.3 is 15.2 Å². The average molecular weight is 253 g/mol. The molecule has 3 nitrogen and oxygen atoms in total. The van der Waals surface area contributed by atoms with Gasteiger partial charge >= 0.3 is 0 Å². The van der Waals surface area contributed by atoms with Crippen LogP contribution in [0.3, 0.4) is 0 Å². The first kappa shape index (κ1) is 13.5. The number of nitrogens with one attached hydrogen (secondary N) is 1. The fraction of sp³-hybridized carbons (Fsp3) is 0.571. The summed E-state index contributed by atoms with van der Waals surface area (Å²) in [5.74, 6) is -0.354. The molecule has 0 spiro atoms. The second kappa shape index (κ2) is 6.27. The van der Waals surface area contributed by atoms with Gasteiger partial charge in [-0.15, -0.1) is 0 Å². The Hall–Kier alpha value is -0.970. The second-order valence-corrected chi connectivity index (χ2v) is 4.69. The van der Waals surface area contributed by atoms with Crippen LogP contribution in [0.2, 0.25) is 0 Å². The lowest BCUT2D eigenvalue weighted by Crippen LogP contribution is -2.46. The van der Waals surface area contributed by atoms with Gasteiger partial charge in [0.05, 0.1) is 12.2 Å². The first-order valence-corrected chi connectivity index (χ1v) is 6.48. The summed E-state index contributed by atoms with van der Waals surface area (Å²) in [5.41, 5.74) is 0.352. The van der Waals surface area contributed by atoms with Gasteiger partial charge in [0.1, 0.15) is 5.82 Å². The number of benzene rings is 1. The smallest absolute Gasteiger partial charge is 0.129 e. The summed E-state index contributed by atoms with van der Waals surface area (Å²) < 4.78 is 18.9. The fourth-order valence-electron chi connectivity index (χ4n) is 2.24. The molecule has 1 aliphatic carbocycles. The maximum Gasteiger partial charge on any atom is 0.129 e. The van der Waals surface area contributed by atoms with Crippen LogP contribution in [0.1, 0.15) is 31.4 Å². The summed E-state index contributed by atoms with van der Waals surface area (Å²) in [6, 6.07) is 6.72. The Labute approximate surface area is 107 Å². The number of rotatable bonds is 6. The summed E-state index contributed by atoms with van der Waals surface area (Å²) in [4.78, 5) is 0. The predicted molar refractivity (Wildman–Crippen MR) is 67.8 cm³/mol. The maximum atomic E-state index is 13.4. The number of ether oxygens (including phenoxy) is 1. The van der Waals surface area contributed by atoms with E-state index in [1.165, 1.54) is 6.07 Å². The molecule has 1 atom stereocenters. The van der Waals surface area contributed by atoms with Crippen molar-refractivity contribution in [1.82, 2.24) is 5.32 Å². The van der Waals surface area contributed by atoms with Gasteiger partial charge in [-0.3, -0.25) is 0 Å². The van der Waals surface area contributed by atoms with Crippen molar-refractivity contribution in [2.24, 2.45) is 0 Å². The Morgan fingerprint density at radius 1 is 1.44 bits per heavy atom. The van der Waals surface area contributed by atoms with E-state index >= 15 is 0 Å². The summed E-state index contributed by atoms with van der Waals surface area (Å²) >= 11 is 0. The highest BCUT2D eigenvalue weighted by Crippen LogP contribution is 2.24. The Balaban J connectivity index is 1.73. The molecule has 1 fully saturated rings. The van der Waals surface area contributed by atoms with Crippen molar-refractivity contribution in [3.63, 3.8) is 0 Å². The van der Waals surface area contributed by atoms with Gasteiger partial charge in [0.15, 0.2) is 0 Å². The van der Waals surface area contributed by atoms with Gasteiger partial charge in [-0.2, -0.15) is 0 Å². The van der Waals surface area contributed by atoms with E-state index in [4.69, 9.17) is 4.74 Å². The fourth-order valence-corrected chi connectivity index (χ4v) is 2.24. The third kappa shape index (κ3) is 3.28. The van der Waals surface area contributed by atoms with Crippen LogP contribution in [-0.4, -0.2) is 30.4 Å². The first-order chi connectivity index (χ1) is 8.70. The Bertz CT molecular complexity index is 380. The van der Waals surface area contributed by atoms with E-state index in [0.717, 1.165) is 19.4 Å². The standard InChI is InChI=1S/C14H20FNO2/c1-2-18-11-7-10(8-11)16-9-14(17)12-5-3-4-6-13(12)15/h3-6,10-11,14,16-17H,2,7-9H2,1H3. The molecule has 1 aromatic carbocycles. The van der Waals surface area contributed by atoms with Crippen LogP contribution in [0.15, 0.2) is 24.3 Å². The van der Waals surface area contributed by atoms with Crippen molar-refractivity contribution < 1.29 is 14.2 Å². The van der Waals surface area contributed by atoms with E-state index in [1.807, 2.05) is 6.92 Å². The highest BCUT2D eigenvalue weighted by Gasteiger charge is 2.29. The first-order valence-electron chi connectivity index (χ1n) is 6.48. The van der Waals surface area contributed by atoms with Gasteiger partial charge in [-0.25, -0.2) is 4.39 Å². The molecule has 0 bridgehead atoms. The lowest BCUT2D eigenvalue weighted by atomic mass is 9.89. The molecule has 0 aromatic heterocycles. The summed E-state index contributed by atoms with van der Waals surface area (Å²) in [5, 5.41) is 13.1. The van der Waals surface area contributed by atoms with Gasteiger partial charge in [-0.1, -0.05) is 18.2 Å². The molecule has 1 aliphatic rings. The molecule has 0 heterocycles. The van der Waals surface area contributed by atoms with Crippen molar-refractivity contribution in [2.75, 3.05) is 13.2 Å². The highest BCUT2D eigenvalue weighted by molar-refractivity contribution is 5.20. The third-order valence-corrected chi connectivity index (χ3v) is 3.36. The van der Waals surface area contributed by atoms with Crippen LogP contribution < -0.4 is 5.32 Å². The summed E-state index contributed by atoms with van der Waals surface area (Å²) in [6.45, 7) is 3.11. The lowest BCUT2D eigenvalue weighted by molar-refractivity contribution is -0.0124. The maximum absolute atomic E-state index is 13.4. The van der Waals surface area contributed by atoms with E-state index in [9.17, 15) is 9.50 Å². The minimum atomic E-state index is -0.794. The number of aliphatic hydroxyl groups is 1. The van der Waals surface area contributed by atoms with Crippen LogP contribution in [0.5, 0.6) is 0 Å². The molecule has 2 rings (SSSR count). The Morgan fingerprint density at radius 3 is 2.83 bits per heavy atom. The molecule has 0 amide bonds. The zero-order valence-corrected chi connectivity index (χ0v) is 10.6. The van der Waals surface area contributed by atoms with E-state index in [-0.39, 0.29) is 5.82 Å². The normalized spacial score (nSPS) is 24.6. The molecule has 0 aliphatic heterocycles. The van der Waals surface area contributed by atoms with Gasteiger partial charge in [-0.05, 0) is 25.8 Å². The topological polar surface area (TPSA) is 41.5 Å². The monoisotopic (exact) mass is 253 g/mol. The largest absolute Gasteiger partial charge is 0.387 e. The SMILES string of the molecule is CCOC1CC(NCC(O)c2ccccc2F)C1. The molecular formula is C14H20FNO2. The van der Waals surface area contributed by atoms with E-state index in [2.05, 4.69) is 5.32 Å². The zero-order valence-electron chi connectivity index (χ0n) is 10.6. The van der Waals surface area contributed by atoms with Crippen LogP contribution in [0, 0.1) is 5.82 Å². The summed E-state index contributed by atoms with van der Waals surface area (Å²) in [7, 11) is 0. The van der Waals surface area contributed by atoms with Gasteiger partial charge in [0.2, 0.25) is 0 Å². The summed E-state index contributed by atoms with van der Waals surface area (Å²) in [6.07, 6.45) is 1.49. The van der Waals surface area contributed by atoms with Crippen LogP contribution in [0.25, 0.3) is 0 Å². The average Bonchev–Trinajstić information content (AvgIpc) is 2.32. The molecule has 2 N–H and O–H groups in total. The van der Waals surface area contributed by atoms with Gasteiger partial charge in [0, 0.05) is 24.8 Å².